The van der Waals surface area contributed by atoms with E-state index in [1.54, 1.807) is 0 Å². The van der Waals surface area contributed by atoms with Gasteiger partial charge < -0.3 is 0 Å². The minimum absolute atomic E-state index is 1.29. The summed E-state index contributed by atoms with van der Waals surface area (Å²) >= 11 is 1.90. The van der Waals surface area contributed by atoms with Gasteiger partial charge in [-0.1, -0.05) is 91.0 Å². The van der Waals surface area contributed by atoms with Crippen LogP contribution in [0.4, 0.5) is 0 Å². The lowest BCUT2D eigenvalue weighted by Crippen LogP contribution is -1.87. The van der Waals surface area contributed by atoms with E-state index in [9.17, 15) is 0 Å². The predicted octanol–water partition coefficient (Wildman–Crippen LogP) is 9.77. The van der Waals surface area contributed by atoms with Crippen molar-refractivity contribution in [3.8, 4) is 11.1 Å². The van der Waals surface area contributed by atoms with Crippen molar-refractivity contribution in [1.82, 2.24) is 0 Å². The average molecular weight is 435 g/mol. The Hall–Kier alpha value is -3.94. The molecule has 0 aliphatic heterocycles. The van der Waals surface area contributed by atoms with Gasteiger partial charge in [-0.25, -0.2) is 0 Å². The Bertz CT molecular complexity index is 2010. The zero-order valence-corrected chi connectivity index (χ0v) is 18.6. The number of hydrogen-bond donors (Lipinski definition) is 0. The van der Waals surface area contributed by atoms with Crippen LogP contribution in [0.5, 0.6) is 0 Å². The topological polar surface area (TPSA) is 0 Å². The molecule has 0 N–H and O–H groups in total. The normalized spacial score (nSPS) is 12.2. The molecule has 0 nitrogen and oxygen atoms in total. The Morgan fingerprint density at radius 1 is 0.394 bits per heavy atom. The van der Waals surface area contributed by atoms with Crippen molar-refractivity contribution >= 4 is 74.6 Å². The van der Waals surface area contributed by atoms with Crippen LogP contribution in [0.3, 0.4) is 0 Å². The van der Waals surface area contributed by atoms with Crippen molar-refractivity contribution in [2.45, 2.75) is 0 Å². The van der Waals surface area contributed by atoms with Crippen LogP contribution in [0.25, 0.3) is 74.4 Å². The Labute approximate surface area is 194 Å². The van der Waals surface area contributed by atoms with E-state index in [0.717, 1.165) is 0 Å². The first-order valence-corrected chi connectivity index (χ1v) is 12.2. The molecular formula is C32H18S. The third-order valence-corrected chi connectivity index (χ3v) is 8.29. The van der Waals surface area contributed by atoms with Crippen LogP contribution in [-0.4, -0.2) is 0 Å². The monoisotopic (exact) mass is 434 g/mol. The van der Waals surface area contributed by atoms with Crippen molar-refractivity contribution in [1.29, 1.82) is 0 Å². The molecule has 0 amide bonds. The highest BCUT2D eigenvalue weighted by Gasteiger charge is 2.13. The molecule has 1 heteroatoms. The van der Waals surface area contributed by atoms with Crippen LogP contribution >= 0.6 is 11.3 Å². The summed E-state index contributed by atoms with van der Waals surface area (Å²) in [5, 5.41) is 13.4. The van der Waals surface area contributed by atoms with Crippen molar-refractivity contribution in [2.75, 3.05) is 0 Å². The molecule has 0 bridgehead atoms. The minimum Gasteiger partial charge on any atom is -0.135 e. The largest absolute Gasteiger partial charge is 0.135 e. The lowest BCUT2D eigenvalue weighted by molar-refractivity contribution is 1.72. The number of hydrogen-bond acceptors (Lipinski definition) is 1. The summed E-state index contributed by atoms with van der Waals surface area (Å²) in [4.78, 5) is 0. The van der Waals surface area contributed by atoms with Crippen molar-refractivity contribution < 1.29 is 0 Å². The molecule has 7 aromatic carbocycles. The zero-order valence-electron chi connectivity index (χ0n) is 17.8. The summed E-state index contributed by atoms with van der Waals surface area (Å²) in [6.07, 6.45) is 0. The zero-order chi connectivity index (χ0) is 21.5. The second-order valence-corrected chi connectivity index (χ2v) is 10.1. The smallest absolute Gasteiger partial charge is 0.0361 e. The molecular weight excluding hydrogens is 416 g/mol. The molecule has 152 valence electrons. The molecule has 33 heavy (non-hydrogen) atoms. The molecule has 1 aromatic heterocycles. The first-order chi connectivity index (χ1) is 16.3. The molecule has 0 fully saturated rings. The number of rotatable bonds is 1. The van der Waals surface area contributed by atoms with Crippen molar-refractivity contribution in [3.63, 3.8) is 0 Å². The molecule has 1 heterocycles. The van der Waals surface area contributed by atoms with Gasteiger partial charge >= 0.3 is 0 Å². The van der Waals surface area contributed by atoms with E-state index in [-0.39, 0.29) is 0 Å². The maximum Gasteiger partial charge on any atom is 0.0361 e. The van der Waals surface area contributed by atoms with Crippen LogP contribution in [-0.2, 0) is 0 Å². The van der Waals surface area contributed by atoms with Gasteiger partial charge in [-0.05, 0) is 72.4 Å². The van der Waals surface area contributed by atoms with Gasteiger partial charge in [0.25, 0.3) is 0 Å². The summed E-state index contributed by atoms with van der Waals surface area (Å²) < 4.78 is 2.71. The van der Waals surface area contributed by atoms with E-state index in [0.29, 0.717) is 0 Å². The summed E-state index contributed by atoms with van der Waals surface area (Å²) in [6.45, 7) is 0. The third-order valence-electron chi connectivity index (χ3n) is 7.18. The van der Waals surface area contributed by atoms with Crippen molar-refractivity contribution in [2.24, 2.45) is 0 Å². The van der Waals surface area contributed by atoms with Crippen LogP contribution in [0.15, 0.2) is 109 Å². The molecule has 0 atom stereocenters. The van der Waals surface area contributed by atoms with Gasteiger partial charge in [-0.3, -0.25) is 0 Å². The minimum atomic E-state index is 1.29. The van der Waals surface area contributed by atoms with Crippen LogP contribution in [0, 0.1) is 0 Å². The van der Waals surface area contributed by atoms with Gasteiger partial charge in [0, 0.05) is 20.2 Å². The predicted molar refractivity (Wildman–Crippen MR) is 146 cm³/mol. The van der Waals surface area contributed by atoms with E-state index >= 15 is 0 Å². The lowest BCUT2D eigenvalue weighted by Gasteiger charge is -2.14. The highest BCUT2D eigenvalue weighted by Crippen LogP contribution is 2.42. The van der Waals surface area contributed by atoms with Gasteiger partial charge in [0.2, 0.25) is 0 Å². The fourth-order valence-corrected chi connectivity index (χ4v) is 6.79. The molecule has 0 saturated carbocycles. The quantitative estimate of drug-likeness (QED) is 0.226. The molecule has 8 aromatic rings. The maximum atomic E-state index is 2.39. The summed E-state index contributed by atoms with van der Waals surface area (Å²) in [5.74, 6) is 0. The van der Waals surface area contributed by atoms with Gasteiger partial charge in [0.15, 0.2) is 0 Å². The number of benzene rings is 7. The van der Waals surface area contributed by atoms with Gasteiger partial charge in [0.1, 0.15) is 0 Å². The molecule has 8 rings (SSSR count). The average Bonchev–Trinajstić information content (AvgIpc) is 3.22. The van der Waals surface area contributed by atoms with Crippen molar-refractivity contribution in [3.05, 3.63) is 109 Å². The molecule has 0 aliphatic carbocycles. The fraction of sp³-hybridized carbons (Fsp3) is 0. The first kappa shape index (κ1) is 17.6. The summed E-state index contributed by atoms with van der Waals surface area (Å²) in [7, 11) is 0. The van der Waals surface area contributed by atoms with E-state index in [2.05, 4.69) is 109 Å². The number of fused-ring (bicyclic) bond motifs is 4. The van der Waals surface area contributed by atoms with E-state index < -0.39 is 0 Å². The van der Waals surface area contributed by atoms with E-state index in [1.165, 1.54) is 74.4 Å². The SMILES string of the molecule is c1ccc2cc3c(cc2c1)sc1cc(-c2ccc4ccc5cccc6ccc2c4c56)ccc13. The third kappa shape index (κ3) is 2.40. The molecule has 0 radical (unpaired) electrons. The maximum absolute atomic E-state index is 2.39. The lowest BCUT2D eigenvalue weighted by atomic mass is 9.90. The Balaban J connectivity index is 1.42. The Kier molecular flexibility index (Phi) is 3.37. The molecule has 0 aliphatic rings. The van der Waals surface area contributed by atoms with E-state index in [1.807, 2.05) is 11.3 Å². The Morgan fingerprint density at radius 3 is 1.88 bits per heavy atom. The highest BCUT2D eigenvalue weighted by atomic mass is 32.1. The summed E-state index contributed by atoms with van der Waals surface area (Å²) in [5.41, 5.74) is 2.60. The standard InChI is InChI=1S/C32H18S/c1-2-5-23-17-30-28(16-22(23)4-1)26-14-12-24(18-29(26)33-30)25-13-10-21-9-8-19-6-3-7-20-11-15-27(25)32(21)31(19)20/h1-18H. The Morgan fingerprint density at radius 2 is 1.03 bits per heavy atom. The van der Waals surface area contributed by atoms with Crippen LogP contribution in [0.2, 0.25) is 0 Å². The first-order valence-electron chi connectivity index (χ1n) is 11.4. The van der Waals surface area contributed by atoms with Crippen LogP contribution in [0.1, 0.15) is 0 Å². The van der Waals surface area contributed by atoms with Crippen LogP contribution < -0.4 is 0 Å². The second-order valence-electron chi connectivity index (χ2n) is 8.98. The molecule has 0 spiro atoms. The summed E-state index contributed by atoms with van der Waals surface area (Å²) in [6, 6.07) is 40.6. The van der Waals surface area contributed by atoms with E-state index in [4.69, 9.17) is 0 Å². The highest BCUT2D eigenvalue weighted by molar-refractivity contribution is 7.25. The molecule has 0 unspecified atom stereocenters. The fourth-order valence-electron chi connectivity index (χ4n) is 5.62. The van der Waals surface area contributed by atoms with Gasteiger partial charge in [-0.2, -0.15) is 0 Å². The second kappa shape index (κ2) is 6.31. The number of thiophene rings is 1. The van der Waals surface area contributed by atoms with Gasteiger partial charge in [0.05, 0.1) is 0 Å². The van der Waals surface area contributed by atoms with Gasteiger partial charge in [-0.15, -0.1) is 11.3 Å². The molecule has 0 saturated heterocycles.